The maximum atomic E-state index is 5.90. The summed E-state index contributed by atoms with van der Waals surface area (Å²) in [5.41, 5.74) is 2.92. The molecule has 28 heavy (non-hydrogen) atoms. The molecule has 5 nitrogen and oxygen atoms in total. The summed E-state index contributed by atoms with van der Waals surface area (Å²) in [6.07, 6.45) is 0. The molecule has 0 saturated heterocycles. The molecule has 0 spiro atoms. The van der Waals surface area contributed by atoms with Gasteiger partial charge in [0.25, 0.3) is 0 Å². The first-order valence-corrected chi connectivity index (χ1v) is 9.23. The van der Waals surface area contributed by atoms with E-state index in [-0.39, 0.29) is 0 Å². The fraction of sp³-hybridized carbons (Fsp3) is 0.0909. The lowest BCUT2D eigenvalue weighted by Crippen LogP contribution is -2.00. The van der Waals surface area contributed by atoms with Crippen molar-refractivity contribution < 1.29 is 9.15 Å². The van der Waals surface area contributed by atoms with Gasteiger partial charge >= 0.3 is 0 Å². The molecule has 0 atom stereocenters. The van der Waals surface area contributed by atoms with Gasteiger partial charge in [0.05, 0.1) is 6.54 Å². The van der Waals surface area contributed by atoms with E-state index < -0.39 is 0 Å². The molecule has 0 unspecified atom stereocenters. The number of ether oxygens (including phenoxy) is 1. The Balaban J connectivity index is 1.31. The van der Waals surface area contributed by atoms with Gasteiger partial charge < -0.3 is 14.5 Å². The first-order valence-electron chi connectivity index (χ1n) is 8.85. The molecule has 0 aliphatic rings. The van der Waals surface area contributed by atoms with Gasteiger partial charge in [-0.1, -0.05) is 41.9 Å². The molecule has 0 saturated carbocycles. The summed E-state index contributed by atoms with van der Waals surface area (Å²) in [5, 5.41) is 12.1. The van der Waals surface area contributed by atoms with Gasteiger partial charge in [0.2, 0.25) is 11.8 Å². The average Bonchev–Trinajstić information content (AvgIpc) is 3.22. The Hall–Kier alpha value is -3.31. The van der Waals surface area contributed by atoms with Crippen molar-refractivity contribution in [1.82, 2.24) is 10.2 Å². The van der Waals surface area contributed by atoms with Crippen molar-refractivity contribution in [2.75, 3.05) is 5.32 Å². The van der Waals surface area contributed by atoms with Crippen LogP contribution in [0.15, 0.2) is 83.3 Å². The quantitative estimate of drug-likeness (QED) is 0.445. The third kappa shape index (κ3) is 4.69. The molecular weight excluding hydrogens is 374 g/mol. The van der Waals surface area contributed by atoms with E-state index in [9.17, 15) is 0 Å². The van der Waals surface area contributed by atoms with Crippen LogP contribution in [0.5, 0.6) is 5.75 Å². The SMILES string of the molecule is Clc1ccc(-c2nnc(CNc3ccc(OCc4ccccc4)cc3)o2)cc1. The topological polar surface area (TPSA) is 60.2 Å². The molecular formula is C22H18ClN3O2. The second-order valence-corrected chi connectivity index (χ2v) is 6.60. The number of hydrogen-bond donors (Lipinski definition) is 1. The fourth-order valence-electron chi connectivity index (χ4n) is 2.62. The van der Waals surface area contributed by atoms with Crippen molar-refractivity contribution >= 4 is 17.3 Å². The van der Waals surface area contributed by atoms with Crippen molar-refractivity contribution in [2.24, 2.45) is 0 Å². The van der Waals surface area contributed by atoms with Crippen molar-refractivity contribution in [3.05, 3.63) is 95.3 Å². The van der Waals surface area contributed by atoms with Crippen LogP contribution >= 0.6 is 11.6 Å². The highest BCUT2D eigenvalue weighted by molar-refractivity contribution is 6.30. The fourth-order valence-corrected chi connectivity index (χ4v) is 2.75. The summed E-state index contributed by atoms with van der Waals surface area (Å²) in [4.78, 5) is 0. The van der Waals surface area contributed by atoms with E-state index in [2.05, 4.69) is 15.5 Å². The average molecular weight is 392 g/mol. The highest BCUT2D eigenvalue weighted by Gasteiger charge is 2.08. The number of aromatic nitrogens is 2. The van der Waals surface area contributed by atoms with E-state index >= 15 is 0 Å². The summed E-state index contributed by atoms with van der Waals surface area (Å²) in [5.74, 6) is 1.80. The van der Waals surface area contributed by atoms with Crippen LogP contribution in [0, 0.1) is 0 Å². The van der Waals surface area contributed by atoms with Gasteiger partial charge in [-0.3, -0.25) is 0 Å². The number of anilines is 1. The Labute approximate surface area is 168 Å². The predicted octanol–water partition coefficient (Wildman–Crippen LogP) is 5.58. The van der Waals surface area contributed by atoms with Crippen LogP contribution in [0.2, 0.25) is 5.02 Å². The molecule has 6 heteroatoms. The number of hydrogen-bond acceptors (Lipinski definition) is 5. The summed E-state index contributed by atoms with van der Waals surface area (Å²) < 4.78 is 11.5. The summed E-state index contributed by atoms with van der Waals surface area (Å²) in [6, 6.07) is 25.1. The zero-order valence-electron chi connectivity index (χ0n) is 15.0. The normalized spacial score (nSPS) is 10.6. The highest BCUT2D eigenvalue weighted by atomic mass is 35.5. The molecule has 4 rings (SSSR count). The maximum absolute atomic E-state index is 5.90. The molecule has 0 amide bonds. The summed E-state index contributed by atoms with van der Waals surface area (Å²) in [7, 11) is 0. The third-order valence-electron chi connectivity index (χ3n) is 4.10. The molecule has 1 heterocycles. The molecule has 1 aromatic heterocycles. The van der Waals surface area contributed by atoms with Gasteiger partial charge in [-0.25, -0.2) is 0 Å². The number of rotatable bonds is 7. The van der Waals surface area contributed by atoms with E-state index in [4.69, 9.17) is 20.8 Å². The van der Waals surface area contributed by atoms with E-state index in [1.165, 1.54) is 0 Å². The molecule has 0 bridgehead atoms. The number of benzene rings is 3. The summed E-state index contributed by atoms with van der Waals surface area (Å²) >= 11 is 5.90. The van der Waals surface area contributed by atoms with Crippen molar-refractivity contribution in [3.8, 4) is 17.2 Å². The number of halogens is 1. The molecule has 0 aliphatic heterocycles. The molecule has 0 aliphatic carbocycles. The Morgan fingerprint density at radius 2 is 1.61 bits per heavy atom. The van der Waals surface area contributed by atoms with E-state index in [0.717, 1.165) is 22.6 Å². The first kappa shape index (κ1) is 18.1. The first-order chi connectivity index (χ1) is 13.8. The number of nitrogens with zero attached hydrogens (tertiary/aromatic N) is 2. The number of nitrogens with one attached hydrogen (secondary N) is 1. The lowest BCUT2D eigenvalue weighted by Gasteiger charge is -2.08. The molecule has 3 aromatic carbocycles. The third-order valence-corrected chi connectivity index (χ3v) is 4.36. The van der Waals surface area contributed by atoms with E-state index in [0.29, 0.717) is 30.0 Å². The minimum Gasteiger partial charge on any atom is -0.489 e. The van der Waals surface area contributed by atoms with Crippen molar-refractivity contribution in [2.45, 2.75) is 13.2 Å². The van der Waals surface area contributed by atoms with Crippen molar-refractivity contribution in [3.63, 3.8) is 0 Å². The second kappa shape index (κ2) is 8.59. The minimum atomic E-state index is 0.435. The zero-order chi connectivity index (χ0) is 19.2. The summed E-state index contributed by atoms with van der Waals surface area (Å²) in [6.45, 7) is 0.980. The van der Waals surface area contributed by atoms with Gasteiger partial charge in [-0.05, 0) is 54.1 Å². The van der Waals surface area contributed by atoms with Gasteiger partial charge in [0, 0.05) is 16.3 Å². The van der Waals surface area contributed by atoms with Crippen LogP contribution in [0.25, 0.3) is 11.5 Å². The van der Waals surface area contributed by atoms with Crippen LogP contribution in [-0.4, -0.2) is 10.2 Å². The van der Waals surface area contributed by atoms with Crippen molar-refractivity contribution in [1.29, 1.82) is 0 Å². The molecule has 4 aromatic rings. The standard InChI is InChI=1S/C22H18ClN3O2/c23-18-8-6-17(7-9-18)22-26-25-21(28-22)14-24-19-10-12-20(13-11-19)27-15-16-4-2-1-3-5-16/h1-13,24H,14-15H2. The van der Waals surface area contributed by atoms with E-state index in [1.807, 2.05) is 66.7 Å². The van der Waals surface area contributed by atoms with Crippen LogP contribution in [0.4, 0.5) is 5.69 Å². The second-order valence-electron chi connectivity index (χ2n) is 6.16. The highest BCUT2D eigenvalue weighted by Crippen LogP contribution is 2.21. The molecule has 140 valence electrons. The van der Waals surface area contributed by atoms with Gasteiger partial charge in [-0.15, -0.1) is 10.2 Å². The van der Waals surface area contributed by atoms with Crippen LogP contribution in [0.1, 0.15) is 11.5 Å². The molecule has 0 fully saturated rings. The molecule has 0 radical (unpaired) electrons. The molecule has 1 N–H and O–H groups in total. The monoisotopic (exact) mass is 391 g/mol. The van der Waals surface area contributed by atoms with E-state index in [1.54, 1.807) is 12.1 Å². The predicted molar refractivity (Wildman–Crippen MR) is 109 cm³/mol. The Bertz CT molecular complexity index is 1020. The lowest BCUT2D eigenvalue weighted by molar-refractivity contribution is 0.306. The van der Waals surface area contributed by atoms with Crippen LogP contribution in [-0.2, 0) is 13.2 Å². The van der Waals surface area contributed by atoms with Gasteiger partial charge in [-0.2, -0.15) is 0 Å². The largest absolute Gasteiger partial charge is 0.489 e. The lowest BCUT2D eigenvalue weighted by atomic mass is 10.2. The van der Waals surface area contributed by atoms with Gasteiger partial charge in [0.15, 0.2) is 0 Å². The smallest absolute Gasteiger partial charge is 0.247 e. The van der Waals surface area contributed by atoms with Crippen LogP contribution in [0.3, 0.4) is 0 Å². The van der Waals surface area contributed by atoms with Gasteiger partial charge in [0.1, 0.15) is 12.4 Å². The van der Waals surface area contributed by atoms with Crippen LogP contribution < -0.4 is 10.1 Å². The zero-order valence-corrected chi connectivity index (χ0v) is 15.8. The Kier molecular flexibility index (Phi) is 5.54. The maximum Gasteiger partial charge on any atom is 0.247 e. The minimum absolute atomic E-state index is 0.435. The Morgan fingerprint density at radius 3 is 2.36 bits per heavy atom. The Morgan fingerprint density at radius 1 is 0.857 bits per heavy atom.